The van der Waals surface area contributed by atoms with Crippen molar-refractivity contribution in [2.75, 3.05) is 0 Å². The van der Waals surface area contributed by atoms with Crippen LogP contribution in [0.15, 0.2) is 54.9 Å². The summed E-state index contributed by atoms with van der Waals surface area (Å²) >= 11 is 0. The van der Waals surface area contributed by atoms with Gasteiger partial charge in [0.2, 0.25) is 0 Å². The van der Waals surface area contributed by atoms with Crippen molar-refractivity contribution in [3.05, 3.63) is 54.9 Å². The number of pyridine rings is 1. The number of hydrogen-bond acceptors (Lipinski definition) is 3. The molecular weight excluding hydrogens is 198 g/mol. The fraction of sp³-hybridized carbons (Fsp3) is 0. The summed E-state index contributed by atoms with van der Waals surface area (Å²) in [6, 6.07) is 13.8. The molecule has 0 fully saturated rings. The molecule has 1 aromatic carbocycles. The van der Waals surface area contributed by atoms with Crippen LogP contribution in [0.2, 0.25) is 0 Å². The van der Waals surface area contributed by atoms with Crippen molar-refractivity contribution in [1.29, 1.82) is 0 Å². The summed E-state index contributed by atoms with van der Waals surface area (Å²) in [4.78, 5) is 4.32. The molecule has 3 heteroatoms. The maximum atomic E-state index is 4.32. The average Bonchev–Trinajstić information content (AvgIpc) is 2.39. The summed E-state index contributed by atoms with van der Waals surface area (Å²) in [5.74, 6) is 0. The minimum absolute atomic E-state index is 0.876. The first kappa shape index (κ1) is 8.97. The molecule has 76 valence electrons. The molecule has 2 aromatic heterocycles. The van der Waals surface area contributed by atoms with E-state index in [-0.39, 0.29) is 0 Å². The number of hydrogen-bond donors (Lipinski definition) is 0. The van der Waals surface area contributed by atoms with Crippen LogP contribution in [-0.2, 0) is 0 Å². The van der Waals surface area contributed by atoms with E-state index in [4.69, 9.17) is 0 Å². The molecular formula is C13H9N3. The predicted molar refractivity (Wildman–Crippen MR) is 62.8 cm³/mol. The second-order valence-corrected chi connectivity index (χ2v) is 3.48. The molecule has 0 saturated heterocycles. The van der Waals surface area contributed by atoms with Crippen LogP contribution in [0.5, 0.6) is 0 Å². The lowest BCUT2D eigenvalue weighted by Gasteiger charge is -2.03. The predicted octanol–water partition coefficient (Wildman–Crippen LogP) is 2.69. The smallest absolute Gasteiger partial charge is 0.0937 e. The van der Waals surface area contributed by atoms with Gasteiger partial charge in [-0.1, -0.05) is 18.2 Å². The molecule has 0 aliphatic carbocycles. The maximum Gasteiger partial charge on any atom is 0.0937 e. The van der Waals surface area contributed by atoms with E-state index in [1.807, 2.05) is 42.5 Å². The van der Waals surface area contributed by atoms with Gasteiger partial charge in [0, 0.05) is 23.3 Å². The molecule has 0 unspecified atom stereocenters. The summed E-state index contributed by atoms with van der Waals surface area (Å²) in [6.45, 7) is 0. The van der Waals surface area contributed by atoms with Gasteiger partial charge in [-0.05, 0) is 24.3 Å². The molecule has 0 aliphatic rings. The molecule has 0 saturated carbocycles. The number of aromatic nitrogens is 3. The van der Waals surface area contributed by atoms with Crippen molar-refractivity contribution in [3.8, 4) is 11.3 Å². The first-order valence-electron chi connectivity index (χ1n) is 5.07. The zero-order valence-electron chi connectivity index (χ0n) is 8.54. The lowest BCUT2D eigenvalue weighted by Crippen LogP contribution is -1.88. The Labute approximate surface area is 92.8 Å². The van der Waals surface area contributed by atoms with Crippen molar-refractivity contribution in [2.24, 2.45) is 0 Å². The highest BCUT2D eigenvalue weighted by Gasteiger charge is 2.04. The molecule has 0 bridgehead atoms. The standard InChI is InChI=1S/C13H9N3/c1-2-5-12-10(4-1)11(7-9-14-12)13-6-3-8-15-16-13/h1-9H. The third kappa shape index (κ3) is 1.42. The summed E-state index contributed by atoms with van der Waals surface area (Å²) < 4.78 is 0. The summed E-state index contributed by atoms with van der Waals surface area (Å²) in [7, 11) is 0. The molecule has 16 heavy (non-hydrogen) atoms. The van der Waals surface area contributed by atoms with Crippen molar-refractivity contribution in [1.82, 2.24) is 15.2 Å². The topological polar surface area (TPSA) is 38.7 Å². The van der Waals surface area contributed by atoms with Crippen LogP contribution in [0.3, 0.4) is 0 Å². The maximum absolute atomic E-state index is 4.32. The Morgan fingerprint density at radius 1 is 0.812 bits per heavy atom. The highest BCUT2D eigenvalue weighted by molar-refractivity contribution is 5.92. The van der Waals surface area contributed by atoms with Gasteiger partial charge in [0.1, 0.15) is 0 Å². The van der Waals surface area contributed by atoms with E-state index in [0.717, 1.165) is 22.2 Å². The van der Waals surface area contributed by atoms with Crippen LogP contribution in [0.25, 0.3) is 22.2 Å². The number of nitrogens with zero attached hydrogens (tertiary/aromatic N) is 3. The Morgan fingerprint density at radius 2 is 1.75 bits per heavy atom. The molecule has 0 aliphatic heterocycles. The Morgan fingerprint density at radius 3 is 2.62 bits per heavy atom. The number of para-hydroxylation sites is 1. The largest absolute Gasteiger partial charge is 0.256 e. The monoisotopic (exact) mass is 207 g/mol. The highest BCUT2D eigenvalue weighted by Crippen LogP contribution is 2.24. The third-order valence-electron chi connectivity index (χ3n) is 2.50. The quantitative estimate of drug-likeness (QED) is 0.615. The Hall–Kier alpha value is -2.29. The fourth-order valence-electron chi connectivity index (χ4n) is 1.76. The van der Waals surface area contributed by atoms with Gasteiger partial charge in [-0.15, -0.1) is 0 Å². The second-order valence-electron chi connectivity index (χ2n) is 3.48. The fourth-order valence-corrected chi connectivity index (χ4v) is 1.76. The molecule has 0 atom stereocenters. The lowest BCUT2D eigenvalue weighted by molar-refractivity contribution is 1.04. The Bertz CT molecular complexity index is 615. The molecule has 3 aromatic rings. The molecule has 0 radical (unpaired) electrons. The van der Waals surface area contributed by atoms with Gasteiger partial charge in [0.15, 0.2) is 0 Å². The molecule has 0 N–H and O–H groups in total. The van der Waals surface area contributed by atoms with Crippen molar-refractivity contribution < 1.29 is 0 Å². The van der Waals surface area contributed by atoms with Crippen LogP contribution in [0.4, 0.5) is 0 Å². The van der Waals surface area contributed by atoms with Crippen LogP contribution >= 0.6 is 0 Å². The van der Waals surface area contributed by atoms with E-state index in [1.165, 1.54) is 0 Å². The molecule has 3 nitrogen and oxygen atoms in total. The van der Waals surface area contributed by atoms with Gasteiger partial charge in [0.05, 0.1) is 11.2 Å². The normalized spacial score (nSPS) is 10.5. The SMILES string of the molecule is c1cnnc(-c2ccnc3ccccc23)c1. The summed E-state index contributed by atoms with van der Waals surface area (Å²) in [5, 5.41) is 9.12. The third-order valence-corrected chi connectivity index (χ3v) is 2.50. The lowest BCUT2D eigenvalue weighted by atomic mass is 10.1. The minimum Gasteiger partial charge on any atom is -0.256 e. The highest BCUT2D eigenvalue weighted by atomic mass is 15.1. The van der Waals surface area contributed by atoms with Crippen LogP contribution < -0.4 is 0 Å². The van der Waals surface area contributed by atoms with Crippen LogP contribution in [0.1, 0.15) is 0 Å². The van der Waals surface area contributed by atoms with E-state index >= 15 is 0 Å². The Kier molecular flexibility index (Phi) is 2.07. The number of benzene rings is 1. The van der Waals surface area contributed by atoms with Gasteiger partial charge < -0.3 is 0 Å². The number of rotatable bonds is 1. The van der Waals surface area contributed by atoms with Crippen LogP contribution in [0, 0.1) is 0 Å². The van der Waals surface area contributed by atoms with Crippen molar-refractivity contribution in [3.63, 3.8) is 0 Å². The first-order valence-corrected chi connectivity index (χ1v) is 5.07. The average molecular weight is 207 g/mol. The van der Waals surface area contributed by atoms with Gasteiger partial charge in [-0.3, -0.25) is 4.98 Å². The van der Waals surface area contributed by atoms with Crippen LogP contribution in [-0.4, -0.2) is 15.2 Å². The van der Waals surface area contributed by atoms with Gasteiger partial charge >= 0.3 is 0 Å². The van der Waals surface area contributed by atoms with Crippen molar-refractivity contribution in [2.45, 2.75) is 0 Å². The zero-order chi connectivity index (χ0) is 10.8. The van der Waals surface area contributed by atoms with Gasteiger partial charge in [-0.25, -0.2) is 0 Å². The zero-order valence-corrected chi connectivity index (χ0v) is 8.54. The van der Waals surface area contributed by atoms with E-state index in [1.54, 1.807) is 12.4 Å². The Balaban J connectivity index is 2.32. The molecule has 0 amide bonds. The molecule has 2 heterocycles. The molecule has 0 spiro atoms. The number of fused-ring (bicyclic) bond motifs is 1. The van der Waals surface area contributed by atoms with E-state index in [0.29, 0.717) is 0 Å². The summed E-state index contributed by atoms with van der Waals surface area (Å²) in [5.41, 5.74) is 2.92. The minimum atomic E-state index is 0.876. The summed E-state index contributed by atoms with van der Waals surface area (Å²) in [6.07, 6.45) is 3.47. The second kappa shape index (κ2) is 3.70. The van der Waals surface area contributed by atoms with Gasteiger partial charge in [-0.2, -0.15) is 10.2 Å². The first-order chi connectivity index (χ1) is 7.95. The molecule has 3 rings (SSSR count). The van der Waals surface area contributed by atoms with Gasteiger partial charge in [0.25, 0.3) is 0 Å². The van der Waals surface area contributed by atoms with E-state index in [2.05, 4.69) is 15.2 Å². The van der Waals surface area contributed by atoms with E-state index in [9.17, 15) is 0 Å². The van der Waals surface area contributed by atoms with Crippen molar-refractivity contribution >= 4 is 10.9 Å². The van der Waals surface area contributed by atoms with E-state index < -0.39 is 0 Å².